The van der Waals surface area contributed by atoms with Gasteiger partial charge in [0, 0.05) is 34.2 Å². The average molecular weight is 424 g/mol. The Kier molecular flexibility index (Phi) is 5.20. The molecule has 0 saturated heterocycles. The van der Waals surface area contributed by atoms with Crippen molar-refractivity contribution < 1.29 is 18.4 Å². The SMILES string of the molecule is O=C(Nc1cc(F)c(C(=O)c2ccc3nccnc3c2)c(F)c1)c1cccc(Cl)c1. The van der Waals surface area contributed by atoms with Crippen LogP contribution in [0.2, 0.25) is 5.02 Å². The van der Waals surface area contributed by atoms with E-state index in [0.717, 1.165) is 12.1 Å². The van der Waals surface area contributed by atoms with Crippen molar-refractivity contribution >= 4 is 40.0 Å². The first-order valence-electron chi connectivity index (χ1n) is 8.74. The lowest BCUT2D eigenvalue weighted by molar-refractivity contribution is 0.102. The standard InChI is InChI=1S/C22H12ClF2N3O2/c23-14-3-1-2-13(8-14)22(30)28-15-10-16(24)20(17(25)11-15)21(29)12-4-5-18-19(9-12)27-7-6-26-18/h1-11H,(H,28,30). The number of ketones is 1. The molecule has 0 saturated carbocycles. The predicted molar refractivity (Wildman–Crippen MR) is 109 cm³/mol. The molecule has 0 atom stereocenters. The summed E-state index contributed by atoms with van der Waals surface area (Å²) in [6.45, 7) is 0. The number of nitrogens with one attached hydrogen (secondary N) is 1. The maximum absolute atomic E-state index is 14.6. The van der Waals surface area contributed by atoms with E-state index in [1.807, 2.05) is 0 Å². The Bertz CT molecular complexity index is 1290. The van der Waals surface area contributed by atoms with Crippen molar-refractivity contribution in [3.05, 3.63) is 100 Å². The molecule has 0 radical (unpaired) electrons. The molecule has 8 heteroatoms. The van der Waals surface area contributed by atoms with Gasteiger partial charge < -0.3 is 5.32 Å². The number of carbonyl (C=O) groups is 2. The fourth-order valence-electron chi connectivity index (χ4n) is 2.94. The van der Waals surface area contributed by atoms with Crippen LogP contribution in [0, 0.1) is 11.6 Å². The van der Waals surface area contributed by atoms with Gasteiger partial charge in [-0.05, 0) is 48.5 Å². The lowest BCUT2D eigenvalue weighted by Gasteiger charge is -2.10. The Morgan fingerprint density at radius 2 is 1.53 bits per heavy atom. The van der Waals surface area contributed by atoms with Gasteiger partial charge >= 0.3 is 0 Å². The number of carbonyl (C=O) groups excluding carboxylic acids is 2. The van der Waals surface area contributed by atoms with Crippen LogP contribution in [0.3, 0.4) is 0 Å². The van der Waals surface area contributed by atoms with Crippen molar-refractivity contribution in [2.24, 2.45) is 0 Å². The van der Waals surface area contributed by atoms with Crippen molar-refractivity contribution in [3.63, 3.8) is 0 Å². The van der Waals surface area contributed by atoms with Gasteiger partial charge in [0.15, 0.2) is 5.78 Å². The molecule has 5 nitrogen and oxygen atoms in total. The Morgan fingerprint density at radius 3 is 2.23 bits per heavy atom. The first-order chi connectivity index (χ1) is 14.4. The number of hydrogen-bond donors (Lipinski definition) is 1. The van der Waals surface area contributed by atoms with Crippen molar-refractivity contribution in [1.82, 2.24) is 9.97 Å². The van der Waals surface area contributed by atoms with Crippen molar-refractivity contribution in [3.8, 4) is 0 Å². The van der Waals surface area contributed by atoms with E-state index in [9.17, 15) is 18.4 Å². The number of amides is 1. The number of anilines is 1. The zero-order valence-electron chi connectivity index (χ0n) is 15.2. The highest BCUT2D eigenvalue weighted by Crippen LogP contribution is 2.24. The summed E-state index contributed by atoms with van der Waals surface area (Å²) >= 11 is 5.85. The van der Waals surface area contributed by atoms with Crippen LogP contribution >= 0.6 is 11.6 Å². The molecule has 1 N–H and O–H groups in total. The van der Waals surface area contributed by atoms with Crippen molar-refractivity contribution in [1.29, 1.82) is 0 Å². The molecule has 1 heterocycles. The summed E-state index contributed by atoms with van der Waals surface area (Å²) in [6, 6.07) is 12.3. The van der Waals surface area contributed by atoms with Gasteiger partial charge in [0.2, 0.25) is 0 Å². The molecule has 4 aromatic rings. The maximum Gasteiger partial charge on any atom is 0.255 e. The van der Waals surface area contributed by atoms with E-state index in [4.69, 9.17) is 11.6 Å². The second-order valence-electron chi connectivity index (χ2n) is 6.37. The molecule has 0 aliphatic heterocycles. The molecule has 1 aromatic heterocycles. The molecule has 0 fully saturated rings. The minimum absolute atomic E-state index is 0.0662. The highest BCUT2D eigenvalue weighted by atomic mass is 35.5. The normalized spacial score (nSPS) is 10.8. The second kappa shape index (κ2) is 7.96. The quantitative estimate of drug-likeness (QED) is 0.466. The van der Waals surface area contributed by atoms with Gasteiger partial charge in [-0.3, -0.25) is 19.6 Å². The van der Waals surface area contributed by atoms with Crippen molar-refractivity contribution in [2.75, 3.05) is 5.32 Å². The Balaban J connectivity index is 1.63. The molecular weight excluding hydrogens is 412 g/mol. The Hall–Kier alpha value is -3.71. The molecule has 3 aromatic carbocycles. The first kappa shape index (κ1) is 19.6. The Morgan fingerprint density at radius 1 is 0.833 bits per heavy atom. The van der Waals surface area contributed by atoms with E-state index in [0.29, 0.717) is 16.1 Å². The van der Waals surface area contributed by atoms with Crippen LogP contribution in [0.4, 0.5) is 14.5 Å². The van der Waals surface area contributed by atoms with Crippen LogP contribution in [0.1, 0.15) is 26.3 Å². The van der Waals surface area contributed by atoms with Crippen LogP contribution in [0.25, 0.3) is 11.0 Å². The third kappa shape index (κ3) is 3.88. The van der Waals surface area contributed by atoms with Crippen LogP contribution < -0.4 is 5.32 Å². The molecule has 0 spiro atoms. The summed E-state index contributed by atoms with van der Waals surface area (Å²) in [6.07, 6.45) is 2.95. The number of fused-ring (bicyclic) bond motifs is 1. The zero-order chi connectivity index (χ0) is 21.3. The molecule has 4 rings (SSSR count). The number of rotatable bonds is 4. The van der Waals surface area contributed by atoms with Gasteiger partial charge in [-0.2, -0.15) is 0 Å². The molecule has 148 valence electrons. The summed E-state index contributed by atoms with van der Waals surface area (Å²) in [5.41, 5.74) is 0.413. The third-order valence-electron chi connectivity index (χ3n) is 4.35. The van der Waals surface area contributed by atoms with E-state index in [1.165, 1.54) is 36.7 Å². The fraction of sp³-hybridized carbons (Fsp3) is 0. The molecule has 0 bridgehead atoms. The summed E-state index contributed by atoms with van der Waals surface area (Å²) < 4.78 is 29.2. The first-order valence-corrected chi connectivity index (χ1v) is 9.11. The van der Waals surface area contributed by atoms with Gasteiger partial charge in [-0.15, -0.1) is 0 Å². The smallest absolute Gasteiger partial charge is 0.255 e. The summed E-state index contributed by atoms with van der Waals surface area (Å²) in [7, 11) is 0. The van der Waals surface area contributed by atoms with Crippen molar-refractivity contribution in [2.45, 2.75) is 0 Å². The molecule has 0 aliphatic rings. The second-order valence-corrected chi connectivity index (χ2v) is 6.80. The largest absolute Gasteiger partial charge is 0.322 e. The van der Waals surface area contributed by atoms with Gasteiger partial charge in [-0.1, -0.05) is 17.7 Å². The number of aromatic nitrogens is 2. The summed E-state index contributed by atoms with van der Waals surface area (Å²) in [5.74, 6) is -3.63. The van der Waals surface area contributed by atoms with E-state index in [1.54, 1.807) is 18.2 Å². The number of nitrogens with zero attached hydrogens (tertiary/aromatic N) is 2. The average Bonchev–Trinajstić information content (AvgIpc) is 2.72. The zero-order valence-corrected chi connectivity index (χ0v) is 16.0. The molecule has 1 amide bonds. The van der Waals surface area contributed by atoms with Crippen LogP contribution in [-0.4, -0.2) is 21.7 Å². The van der Waals surface area contributed by atoms with Gasteiger partial charge in [-0.25, -0.2) is 8.78 Å². The van der Waals surface area contributed by atoms with Gasteiger partial charge in [0.1, 0.15) is 11.6 Å². The third-order valence-corrected chi connectivity index (χ3v) is 4.58. The topological polar surface area (TPSA) is 72.0 Å². The summed E-state index contributed by atoms with van der Waals surface area (Å²) in [4.78, 5) is 33.1. The van der Waals surface area contributed by atoms with Crippen LogP contribution in [-0.2, 0) is 0 Å². The minimum atomic E-state index is -1.10. The van der Waals surface area contributed by atoms with E-state index in [-0.39, 0.29) is 16.8 Å². The summed E-state index contributed by atoms with van der Waals surface area (Å²) in [5, 5.41) is 2.74. The highest BCUT2D eigenvalue weighted by molar-refractivity contribution is 6.31. The highest BCUT2D eigenvalue weighted by Gasteiger charge is 2.21. The number of halogens is 3. The lowest BCUT2D eigenvalue weighted by atomic mass is 10.0. The number of benzene rings is 3. The van der Waals surface area contributed by atoms with Gasteiger partial charge in [0.05, 0.1) is 16.6 Å². The molecule has 0 unspecified atom stereocenters. The predicted octanol–water partition coefficient (Wildman–Crippen LogP) is 5.04. The lowest BCUT2D eigenvalue weighted by Crippen LogP contribution is -2.14. The van der Waals surface area contributed by atoms with Gasteiger partial charge in [0.25, 0.3) is 5.91 Å². The Labute approximate surface area is 174 Å². The van der Waals surface area contributed by atoms with E-state index >= 15 is 0 Å². The van der Waals surface area contributed by atoms with Crippen LogP contribution in [0.5, 0.6) is 0 Å². The number of hydrogen-bond acceptors (Lipinski definition) is 4. The maximum atomic E-state index is 14.6. The minimum Gasteiger partial charge on any atom is -0.322 e. The van der Waals surface area contributed by atoms with E-state index in [2.05, 4.69) is 15.3 Å². The monoisotopic (exact) mass is 423 g/mol. The molecular formula is C22H12ClF2N3O2. The fourth-order valence-corrected chi connectivity index (χ4v) is 3.13. The van der Waals surface area contributed by atoms with E-state index < -0.39 is 28.9 Å². The molecule has 0 aliphatic carbocycles. The van der Waals surface area contributed by atoms with Crippen LogP contribution in [0.15, 0.2) is 67.0 Å². The molecule has 30 heavy (non-hydrogen) atoms.